The van der Waals surface area contributed by atoms with Crippen LogP contribution < -0.4 is 0 Å². The Balaban J connectivity index is 3.07. The molecule has 0 unspecified atom stereocenters. The van der Waals surface area contributed by atoms with Crippen LogP contribution in [0.4, 0.5) is 0 Å². The normalized spacial score (nSPS) is 13.1. The quantitative estimate of drug-likeness (QED) is 0.177. The van der Waals surface area contributed by atoms with Gasteiger partial charge in [0.25, 0.3) is 0 Å². The van der Waals surface area contributed by atoms with Gasteiger partial charge in [0, 0.05) is 11.1 Å². The Hall–Kier alpha value is -2.27. The summed E-state index contributed by atoms with van der Waals surface area (Å²) in [6.45, 7) is 28.6. The smallest absolute Gasteiger partial charge is 0.125 e. The number of hydrogen-bond acceptors (Lipinski definition) is 0. The maximum atomic E-state index is 4.02. The SMILES string of the molecule is CC(C)[Si](C#C/C(=C(/C#C[Si](C(C)C)(C(C)C)C(C)C)c1ccccc1)c1ccccc1)(C(C)C)C(C)C. The van der Waals surface area contributed by atoms with Crippen molar-refractivity contribution >= 4 is 27.3 Å². The third-order valence-corrected chi connectivity index (χ3v) is 21.5. The first kappa shape index (κ1) is 31.9. The van der Waals surface area contributed by atoms with E-state index in [1.807, 2.05) is 0 Å². The molecule has 0 radical (unpaired) electrons. The number of benzene rings is 2. The van der Waals surface area contributed by atoms with Gasteiger partial charge in [0.15, 0.2) is 0 Å². The fourth-order valence-electron chi connectivity index (χ4n) is 6.98. The molecule has 2 aromatic rings. The van der Waals surface area contributed by atoms with Gasteiger partial charge in [-0.2, -0.15) is 0 Å². The third kappa shape index (κ3) is 6.65. The zero-order valence-corrected chi connectivity index (χ0v) is 28.2. The summed E-state index contributed by atoms with van der Waals surface area (Å²) in [4.78, 5) is 0. The van der Waals surface area contributed by atoms with Crippen molar-refractivity contribution in [3.05, 3.63) is 71.8 Å². The fourth-order valence-corrected chi connectivity index (χ4v) is 17.4. The van der Waals surface area contributed by atoms with Crippen LogP contribution in [0, 0.1) is 22.9 Å². The summed E-state index contributed by atoms with van der Waals surface area (Å²) in [6, 6.07) is 21.5. The summed E-state index contributed by atoms with van der Waals surface area (Å²) in [7, 11) is -3.84. The van der Waals surface area contributed by atoms with Crippen molar-refractivity contribution in [2.45, 2.75) is 116 Å². The first-order valence-electron chi connectivity index (χ1n) is 14.7. The number of allylic oxidation sites excluding steroid dienone is 2. The molecule has 38 heavy (non-hydrogen) atoms. The molecule has 2 heteroatoms. The van der Waals surface area contributed by atoms with Gasteiger partial charge in [-0.25, -0.2) is 0 Å². The Kier molecular flexibility index (Phi) is 11.5. The fraction of sp³-hybridized carbons (Fsp3) is 0.500. The van der Waals surface area contributed by atoms with E-state index in [-0.39, 0.29) is 0 Å². The molecule has 204 valence electrons. The highest BCUT2D eigenvalue weighted by molar-refractivity contribution is 6.91. The molecule has 0 aliphatic rings. The van der Waals surface area contributed by atoms with Crippen molar-refractivity contribution in [2.24, 2.45) is 0 Å². The second-order valence-electron chi connectivity index (χ2n) is 12.8. The van der Waals surface area contributed by atoms with E-state index < -0.39 is 16.1 Å². The minimum Gasteiger partial charge on any atom is -0.125 e. The topological polar surface area (TPSA) is 0 Å². The summed E-state index contributed by atoms with van der Waals surface area (Å²) in [5, 5.41) is 0. The maximum absolute atomic E-state index is 4.02. The van der Waals surface area contributed by atoms with Gasteiger partial charge >= 0.3 is 0 Å². The second kappa shape index (κ2) is 13.7. The van der Waals surface area contributed by atoms with Gasteiger partial charge < -0.3 is 0 Å². The number of hydrogen-bond donors (Lipinski definition) is 0. The minimum absolute atomic E-state index is 0.584. The number of rotatable bonds is 8. The van der Waals surface area contributed by atoms with E-state index in [4.69, 9.17) is 0 Å². The monoisotopic (exact) mass is 540 g/mol. The molecule has 0 amide bonds. The van der Waals surface area contributed by atoms with Crippen LogP contribution in [0.25, 0.3) is 11.1 Å². The van der Waals surface area contributed by atoms with Crippen LogP contribution in [0.15, 0.2) is 60.7 Å². The summed E-state index contributed by atoms with van der Waals surface area (Å²) in [6.07, 6.45) is 0. The zero-order chi connectivity index (χ0) is 28.7. The van der Waals surface area contributed by atoms with Crippen LogP contribution in [0.3, 0.4) is 0 Å². The van der Waals surface area contributed by atoms with E-state index in [0.717, 1.165) is 11.1 Å². The molecule has 0 atom stereocenters. The van der Waals surface area contributed by atoms with Gasteiger partial charge in [0.1, 0.15) is 16.1 Å². The lowest BCUT2D eigenvalue weighted by Crippen LogP contribution is -2.43. The Labute approximate surface area is 237 Å². The highest BCUT2D eigenvalue weighted by Gasteiger charge is 2.43. The molecule has 0 bridgehead atoms. The summed E-state index contributed by atoms with van der Waals surface area (Å²) in [5.41, 5.74) is 16.0. The molecule has 0 fully saturated rings. The van der Waals surface area contributed by atoms with Crippen molar-refractivity contribution in [1.82, 2.24) is 0 Å². The van der Waals surface area contributed by atoms with Gasteiger partial charge in [-0.05, 0) is 44.4 Å². The van der Waals surface area contributed by atoms with Gasteiger partial charge in [-0.1, -0.05) is 156 Å². The standard InChI is InChI=1S/C36H52Si2/c1-27(2)37(28(3)4,29(5)6)25-23-35(33-19-15-13-16-20-33)36(34-21-17-14-18-22-34)24-26-38(30(7)8,31(9)10)32(11)12/h13-22,27-32H,1-12H3/b36-35+. The van der Waals surface area contributed by atoms with E-state index in [1.165, 1.54) is 11.1 Å². The van der Waals surface area contributed by atoms with Crippen molar-refractivity contribution in [3.63, 3.8) is 0 Å². The average molecular weight is 541 g/mol. The molecule has 0 aromatic heterocycles. The Bertz CT molecular complexity index is 1030. The van der Waals surface area contributed by atoms with Crippen LogP contribution in [0.1, 0.15) is 94.2 Å². The Morgan fingerprint density at radius 1 is 0.421 bits per heavy atom. The van der Waals surface area contributed by atoms with Crippen molar-refractivity contribution in [1.29, 1.82) is 0 Å². The van der Waals surface area contributed by atoms with Gasteiger partial charge in [0.2, 0.25) is 0 Å². The summed E-state index contributed by atoms with van der Waals surface area (Å²) < 4.78 is 0. The molecule has 0 saturated carbocycles. The van der Waals surface area contributed by atoms with Crippen LogP contribution in [0.2, 0.25) is 33.2 Å². The molecular formula is C36H52Si2. The van der Waals surface area contributed by atoms with E-state index in [0.29, 0.717) is 33.2 Å². The molecule has 0 spiro atoms. The van der Waals surface area contributed by atoms with Crippen LogP contribution >= 0.6 is 0 Å². The summed E-state index contributed by atoms with van der Waals surface area (Å²) >= 11 is 0. The van der Waals surface area contributed by atoms with Gasteiger partial charge in [0.05, 0.1) is 0 Å². The molecular weight excluding hydrogens is 489 g/mol. The lowest BCUT2D eigenvalue weighted by Gasteiger charge is -2.38. The van der Waals surface area contributed by atoms with Gasteiger partial charge in [-0.15, -0.1) is 11.1 Å². The van der Waals surface area contributed by atoms with Crippen LogP contribution in [0.5, 0.6) is 0 Å². The highest BCUT2D eigenvalue weighted by Crippen LogP contribution is 2.42. The largest absolute Gasteiger partial charge is 0.146 e. The molecule has 0 nitrogen and oxygen atoms in total. The van der Waals surface area contributed by atoms with Crippen molar-refractivity contribution in [2.75, 3.05) is 0 Å². The molecule has 0 saturated heterocycles. The van der Waals surface area contributed by atoms with Crippen LogP contribution in [-0.2, 0) is 0 Å². The minimum atomic E-state index is -1.92. The average Bonchev–Trinajstić information content (AvgIpc) is 2.85. The van der Waals surface area contributed by atoms with E-state index in [9.17, 15) is 0 Å². The summed E-state index contributed by atoms with van der Waals surface area (Å²) in [5.74, 6) is 7.70. The molecule has 2 aromatic carbocycles. The molecule has 0 aliphatic heterocycles. The van der Waals surface area contributed by atoms with Crippen molar-refractivity contribution < 1.29 is 0 Å². The molecule has 2 rings (SSSR count). The third-order valence-electron chi connectivity index (χ3n) is 8.91. The Morgan fingerprint density at radius 2 is 0.658 bits per heavy atom. The zero-order valence-electron chi connectivity index (χ0n) is 26.2. The molecule has 0 heterocycles. The van der Waals surface area contributed by atoms with E-state index in [1.54, 1.807) is 0 Å². The second-order valence-corrected chi connectivity index (χ2v) is 23.9. The van der Waals surface area contributed by atoms with Crippen LogP contribution in [-0.4, -0.2) is 16.1 Å². The first-order valence-corrected chi connectivity index (χ1v) is 19.2. The predicted molar refractivity (Wildman–Crippen MR) is 177 cm³/mol. The first-order chi connectivity index (χ1) is 17.8. The lowest BCUT2D eigenvalue weighted by atomic mass is 9.95. The lowest BCUT2D eigenvalue weighted by molar-refractivity contribution is 0.838. The molecule has 0 N–H and O–H groups in total. The van der Waals surface area contributed by atoms with Gasteiger partial charge in [-0.3, -0.25) is 0 Å². The predicted octanol–water partition coefficient (Wildman–Crippen LogP) is 11.0. The molecule has 0 aliphatic carbocycles. The van der Waals surface area contributed by atoms with E-state index >= 15 is 0 Å². The maximum Gasteiger partial charge on any atom is 0.146 e. The van der Waals surface area contributed by atoms with Crippen molar-refractivity contribution in [3.8, 4) is 22.9 Å². The highest BCUT2D eigenvalue weighted by atomic mass is 28.3. The van der Waals surface area contributed by atoms with E-state index in [2.05, 4.69) is 167 Å². The Morgan fingerprint density at radius 3 is 0.868 bits per heavy atom.